The van der Waals surface area contributed by atoms with Crippen molar-refractivity contribution >= 4 is 5.91 Å². The zero-order valence-corrected chi connectivity index (χ0v) is 14.7. The lowest BCUT2D eigenvalue weighted by Crippen LogP contribution is -2.41. The fraction of sp³-hybridized carbons (Fsp3) is 0.529. The van der Waals surface area contributed by atoms with Crippen molar-refractivity contribution < 1.29 is 9.53 Å². The van der Waals surface area contributed by atoms with E-state index in [1.165, 1.54) is 11.2 Å². The lowest BCUT2D eigenvalue weighted by molar-refractivity contribution is -0.123. The van der Waals surface area contributed by atoms with Gasteiger partial charge in [-0.25, -0.2) is 0 Å². The van der Waals surface area contributed by atoms with Crippen LogP contribution < -0.4 is 10.1 Å². The van der Waals surface area contributed by atoms with Gasteiger partial charge in [-0.05, 0) is 55.4 Å². The van der Waals surface area contributed by atoms with Gasteiger partial charge in [-0.2, -0.15) is 4.80 Å². The van der Waals surface area contributed by atoms with E-state index in [1.807, 2.05) is 12.1 Å². The van der Waals surface area contributed by atoms with Gasteiger partial charge in [0.1, 0.15) is 5.75 Å². The van der Waals surface area contributed by atoms with E-state index < -0.39 is 0 Å². The van der Waals surface area contributed by atoms with Gasteiger partial charge in [-0.15, -0.1) is 10.2 Å². The lowest BCUT2D eigenvalue weighted by Gasteiger charge is -2.22. The minimum absolute atomic E-state index is 0.0155. The van der Waals surface area contributed by atoms with E-state index in [9.17, 15) is 4.79 Å². The first kappa shape index (κ1) is 17.3. The van der Waals surface area contributed by atoms with Crippen LogP contribution in [0.1, 0.15) is 19.8 Å². The monoisotopic (exact) mass is 344 g/mol. The normalized spacial score (nSPS) is 17.6. The van der Waals surface area contributed by atoms with Crippen molar-refractivity contribution in [2.24, 2.45) is 7.05 Å². The molecule has 8 nitrogen and oxygen atoms in total. The Morgan fingerprint density at radius 2 is 2.16 bits per heavy atom. The highest BCUT2D eigenvalue weighted by Gasteiger charge is 2.23. The molecule has 3 rings (SSSR count). The number of ether oxygens (including phenoxy) is 1. The first-order chi connectivity index (χ1) is 12.2. The number of tetrazole rings is 1. The summed E-state index contributed by atoms with van der Waals surface area (Å²) in [7, 11) is 1.72. The molecule has 1 saturated heterocycles. The molecule has 134 valence electrons. The van der Waals surface area contributed by atoms with E-state index in [1.54, 1.807) is 19.2 Å². The number of rotatable bonds is 7. The first-order valence-electron chi connectivity index (χ1n) is 8.63. The number of carbonyl (C=O) groups excluding carboxylic acids is 1. The van der Waals surface area contributed by atoms with Gasteiger partial charge in [0.25, 0.3) is 5.91 Å². The summed E-state index contributed by atoms with van der Waals surface area (Å²) in [5, 5.41) is 14.9. The van der Waals surface area contributed by atoms with E-state index in [-0.39, 0.29) is 12.5 Å². The predicted molar refractivity (Wildman–Crippen MR) is 93.0 cm³/mol. The summed E-state index contributed by atoms with van der Waals surface area (Å²) in [4.78, 5) is 15.8. The van der Waals surface area contributed by atoms with Crippen molar-refractivity contribution in [2.75, 3.05) is 26.2 Å². The fourth-order valence-corrected chi connectivity index (χ4v) is 3.07. The van der Waals surface area contributed by atoms with Gasteiger partial charge < -0.3 is 10.1 Å². The van der Waals surface area contributed by atoms with Gasteiger partial charge in [0.15, 0.2) is 6.61 Å². The zero-order chi connectivity index (χ0) is 17.6. The second-order valence-electron chi connectivity index (χ2n) is 6.14. The average molecular weight is 344 g/mol. The third kappa shape index (κ3) is 4.54. The van der Waals surface area contributed by atoms with Crippen molar-refractivity contribution in [3.05, 3.63) is 24.3 Å². The minimum atomic E-state index is -0.0948. The largest absolute Gasteiger partial charge is 0.484 e. The number of amides is 1. The summed E-state index contributed by atoms with van der Waals surface area (Å²) >= 11 is 0. The zero-order valence-electron chi connectivity index (χ0n) is 14.7. The maximum Gasteiger partial charge on any atom is 0.257 e. The second kappa shape index (κ2) is 8.06. The molecule has 0 spiro atoms. The van der Waals surface area contributed by atoms with E-state index in [0.717, 1.165) is 25.1 Å². The summed E-state index contributed by atoms with van der Waals surface area (Å²) < 4.78 is 5.54. The molecule has 0 bridgehead atoms. The highest BCUT2D eigenvalue weighted by molar-refractivity contribution is 5.77. The Hall–Kier alpha value is -2.48. The maximum absolute atomic E-state index is 12.0. The van der Waals surface area contributed by atoms with Gasteiger partial charge in [-0.3, -0.25) is 9.69 Å². The minimum Gasteiger partial charge on any atom is -0.484 e. The van der Waals surface area contributed by atoms with E-state index in [4.69, 9.17) is 4.74 Å². The molecule has 1 aliphatic heterocycles. The van der Waals surface area contributed by atoms with Crippen LogP contribution in [0.2, 0.25) is 0 Å². The third-order valence-electron chi connectivity index (χ3n) is 4.43. The number of aromatic nitrogens is 4. The molecule has 0 radical (unpaired) electrons. The molecule has 1 atom stereocenters. The maximum atomic E-state index is 12.0. The van der Waals surface area contributed by atoms with Crippen LogP contribution in [0.3, 0.4) is 0 Å². The molecule has 0 saturated carbocycles. The molecule has 1 aromatic carbocycles. The SMILES string of the molecule is CCN1CCC[C@@H]1CNC(=O)COc1ccc(-c2nnn(C)n2)cc1. The van der Waals surface area contributed by atoms with Gasteiger partial charge in [0.05, 0.1) is 7.05 Å². The Bertz CT molecular complexity index is 699. The van der Waals surface area contributed by atoms with E-state index in [2.05, 4.69) is 32.6 Å². The standard InChI is InChI=1S/C17H24N6O2/c1-3-23-10-4-5-14(23)11-18-16(24)12-25-15-8-6-13(7-9-15)17-19-21-22(2)20-17/h6-9,14H,3-5,10-12H2,1-2H3,(H,18,24)/t14-/m1/s1. The molecular formula is C17H24N6O2. The van der Waals surface area contributed by atoms with Crippen LogP contribution in [-0.2, 0) is 11.8 Å². The summed E-state index contributed by atoms with van der Waals surface area (Å²) in [5.74, 6) is 1.10. The van der Waals surface area contributed by atoms with Crippen molar-refractivity contribution in [1.29, 1.82) is 0 Å². The molecule has 25 heavy (non-hydrogen) atoms. The van der Waals surface area contributed by atoms with Gasteiger partial charge in [0, 0.05) is 18.2 Å². The van der Waals surface area contributed by atoms with Crippen LogP contribution in [0.15, 0.2) is 24.3 Å². The van der Waals surface area contributed by atoms with Crippen molar-refractivity contribution in [1.82, 2.24) is 30.4 Å². The molecule has 1 N–H and O–H groups in total. The van der Waals surface area contributed by atoms with E-state index in [0.29, 0.717) is 24.2 Å². The number of carbonyl (C=O) groups is 1. The highest BCUT2D eigenvalue weighted by atomic mass is 16.5. The van der Waals surface area contributed by atoms with Crippen molar-refractivity contribution in [3.8, 4) is 17.1 Å². The summed E-state index contributed by atoms with van der Waals surface area (Å²) in [6, 6.07) is 7.75. The highest BCUT2D eigenvalue weighted by Crippen LogP contribution is 2.18. The smallest absolute Gasteiger partial charge is 0.257 e. The van der Waals surface area contributed by atoms with Gasteiger partial charge >= 0.3 is 0 Å². The molecule has 0 aliphatic carbocycles. The van der Waals surface area contributed by atoms with Crippen LogP contribution in [-0.4, -0.2) is 63.3 Å². The van der Waals surface area contributed by atoms with Crippen LogP contribution in [0.5, 0.6) is 5.75 Å². The fourth-order valence-electron chi connectivity index (χ4n) is 3.07. The Labute approximate surface area is 147 Å². The second-order valence-corrected chi connectivity index (χ2v) is 6.14. The molecule has 2 heterocycles. The number of hydrogen-bond acceptors (Lipinski definition) is 6. The Morgan fingerprint density at radius 3 is 2.84 bits per heavy atom. The van der Waals surface area contributed by atoms with Crippen LogP contribution in [0.25, 0.3) is 11.4 Å². The molecule has 1 aliphatic rings. The number of nitrogens with zero attached hydrogens (tertiary/aromatic N) is 5. The molecule has 0 unspecified atom stereocenters. The number of likely N-dealkylation sites (N-methyl/N-ethyl adjacent to an activating group) is 1. The van der Waals surface area contributed by atoms with Crippen LogP contribution >= 0.6 is 0 Å². The first-order valence-corrected chi connectivity index (χ1v) is 8.63. The number of nitrogens with one attached hydrogen (secondary N) is 1. The van der Waals surface area contributed by atoms with Crippen LogP contribution in [0.4, 0.5) is 0 Å². The van der Waals surface area contributed by atoms with Gasteiger partial charge in [-0.1, -0.05) is 6.92 Å². The lowest BCUT2D eigenvalue weighted by atomic mass is 10.2. The molecule has 8 heteroatoms. The molecule has 1 amide bonds. The summed E-state index contributed by atoms with van der Waals surface area (Å²) in [6.07, 6.45) is 2.35. The third-order valence-corrected chi connectivity index (χ3v) is 4.43. The predicted octanol–water partition coefficient (Wildman–Crippen LogP) is 0.856. The van der Waals surface area contributed by atoms with Crippen LogP contribution in [0, 0.1) is 0 Å². The number of aryl methyl sites for hydroxylation is 1. The quantitative estimate of drug-likeness (QED) is 0.802. The van der Waals surface area contributed by atoms with Gasteiger partial charge in [0.2, 0.25) is 5.82 Å². The summed E-state index contributed by atoms with van der Waals surface area (Å²) in [5.41, 5.74) is 0.853. The van der Waals surface area contributed by atoms with Crippen molar-refractivity contribution in [2.45, 2.75) is 25.8 Å². The Kier molecular flexibility index (Phi) is 5.60. The van der Waals surface area contributed by atoms with E-state index >= 15 is 0 Å². The molecule has 1 aromatic heterocycles. The number of benzene rings is 1. The van der Waals surface area contributed by atoms with Crippen molar-refractivity contribution in [3.63, 3.8) is 0 Å². The topological polar surface area (TPSA) is 85.2 Å². The number of hydrogen-bond donors (Lipinski definition) is 1. The summed E-state index contributed by atoms with van der Waals surface area (Å²) in [6.45, 7) is 5.02. The number of likely N-dealkylation sites (tertiary alicyclic amines) is 1. The average Bonchev–Trinajstić information content (AvgIpc) is 3.27. The Balaban J connectivity index is 1.44. The molecule has 2 aromatic rings. The Morgan fingerprint density at radius 1 is 1.36 bits per heavy atom. The molecular weight excluding hydrogens is 320 g/mol. The molecule has 1 fully saturated rings.